The fourth-order valence-corrected chi connectivity index (χ4v) is 4.69. The maximum atomic E-state index is 10.7. The van der Waals surface area contributed by atoms with E-state index >= 15 is 0 Å². The lowest BCUT2D eigenvalue weighted by Gasteiger charge is -2.44. The average molecular weight is 347 g/mol. The second-order valence-electron chi connectivity index (χ2n) is 7.79. The van der Waals surface area contributed by atoms with E-state index in [9.17, 15) is 5.11 Å². The third-order valence-corrected chi connectivity index (χ3v) is 6.25. The van der Waals surface area contributed by atoms with Gasteiger partial charge in [-0.05, 0) is 31.7 Å². The molecule has 25 heavy (non-hydrogen) atoms. The summed E-state index contributed by atoms with van der Waals surface area (Å²) in [4.78, 5) is 16.0. The zero-order chi connectivity index (χ0) is 17.4. The molecule has 0 amide bonds. The monoisotopic (exact) mass is 347 g/mol. The minimum Gasteiger partial charge on any atom is -0.494 e. The number of hydrogen-bond acceptors (Lipinski definition) is 7. The Labute approximate surface area is 149 Å². The number of nitrogens with zero attached hydrogens (tertiary/aromatic N) is 5. The van der Waals surface area contributed by atoms with Crippen LogP contribution in [0.2, 0.25) is 0 Å². The zero-order valence-corrected chi connectivity index (χ0v) is 15.2. The van der Waals surface area contributed by atoms with E-state index in [1.807, 2.05) is 0 Å². The van der Waals surface area contributed by atoms with Crippen LogP contribution in [0.4, 0.5) is 5.95 Å². The highest BCUT2D eigenvalue weighted by Gasteiger charge is 2.44. The van der Waals surface area contributed by atoms with Crippen molar-refractivity contribution >= 4 is 5.95 Å². The van der Waals surface area contributed by atoms with E-state index in [-0.39, 0.29) is 6.10 Å². The van der Waals surface area contributed by atoms with Crippen molar-refractivity contribution in [1.82, 2.24) is 19.8 Å². The number of aromatic nitrogens is 2. The molecule has 3 heterocycles. The van der Waals surface area contributed by atoms with Crippen molar-refractivity contribution in [2.45, 2.75) is 25.0 Å². The van der Waals surface area contributed by atoms with E-state index in [1.54, 1.807) is 19.5 Å². The molecule has 7 heteroatoms. The number of aliphatic hydroxyl groups excluding tert-OH is 1. The average Bonchev–Trinajstić information content (AvgIpc) is 3.04. The third-order valence-electron chi connectivity index (χ3n) is 6.25. The molecule has 1 N–H and O–H groups in total. The number of aliphatic hydroxyl groups is 1. The Morgan fingerprint density at radius 1 is 1.04 bits per heavy atom. The predicted octanol–water partition coefficient (Wildman–Crippen LogP) is 0.308. The maximum Gasteiger partial charge on any atom is 0.225 e. The number of anilines is 1. The molecule has 0 bridgehead atoms. The summed E-state index contributed by atoms with van der Waals surface area (Å²) in [5.41, 5.74) is 0. The SMILES string of the molecule is COc1cnc(N2C[C@H]3C[C@@H](N4CCN(C)CC4)[C@H](O)C[C@H]3C2)nc1. The molecule has 0 spiro atoms. The standard InChI is InChI=1S/C18H29N5O2/c1-21-3-5-22(6-4-21)16-7-13-11-23(12-14(13)8-17(16)24)18-19-9-15(25-2)10-20-18/h9-10,13-14,16-17,24H,3-8,11-12H2,1-2H3/t13-,14+,16-,17-/m1/s1. The first-order valence-electron chi connectivity index (χ1n) is 9.35. The van der Waals surface area contributed by atoms with Gasteiger partial charge in [-0.25, -0.2) is 9.97 Å². The predicted molar refractivity (Wildman–Crippen MR) is 95.9 cm³/mol. The highest BCUT2D eigenvalue weighted by Crippen LogP contribution is 2.39. The summed E-state index contributed by atoms with van der Waals surface area (Å²) in [6, 6.07) is 0.312. The van der Waals surface area contributed by atoms with Crippen LogP contribution < -0.4 is 9.64 Å². The van der Waals surface area contributed by atoms with Gasteiger partial charge in [-0.3, -0.25) is 4.90 Å². The van der Waals surface area contributed by atoms with Crippen LogP contribution in [0.25, 0.3) is 0 Å². The Bertz CT molecular complexity index is 575. The number of methoxy groups -OCH3 is 1. The van der Waals surface area contributed by atoms with E-state index in [4.69, 9.17) is 4.74 Å². The first-order chi connectivity index (χ1) is 12.1. The van der Waals surface area contributed by atoms with E-state index in [0.717, 1.165) is 58.1 Å². The number of rotatable bonds is 3. The quantitative estimate of drug-likeness (QED) is 0.844. The number of likely N-dealkylation sites (N-methyl/N-ethyl adjacent to an activating group) is 1. The van der Waals surface area contributed by atoms with Crippen molar-refractivity contribution in [1.29, 1.82) is 0 Å². The molecule has 3 aliphatic rings. The zero-order valence-electron chi connectivity index (χ0n) is 15.2. The lowest BCUT2D eigenvalue weighted by molar-refractivity contribution is -0.0249. The molecule has 1 aliphatic carbocycles. The molecule has 3 fully saturated rings. The number of fused-ring (bicyclic) bond motifs is 1. The van der Waals surface area contributed by atoms with Gasteiger partial charge in [0.15, 0.2) is 5.75 Å². The fourth-order valence-electron chi connectivity index (χ4n) is 4.69. The lowest BCUT2D eigenvalue weighted by atomic mass is 9.77. The Balaban J connectivity index is 1.41. The highest BCUT2D eigenvalue weighted by atomic mass is 16.5. The van der Waals surface area contributed by atoms with Crippen LogP contribution in [0.5, 0.6) is 5.75 Å². The second kappa shape index (κ2) is 7.05. The lowest BCUT2D eigenvalue weighted by Crippen LogP contribution is -2.55. The Hall–Kier alpha value is -1.44. The van der Waals surface area contributed by atoms with Gasteiger partial charge >= 0.3 is 0 Å². The van der Waals surface area contributed by atoms with Gasteiger partial charge in [-0.15, -0.1) is 0 Å². The molecule has 0 aromatic carbocycles. The van der Waals surface area contributed by atoms with Crippen molar-refractivity contribution in [3.63, 3.8) is 0 Å². The smallest absolute Gasteiger partial charge is 0.225 e. The van der Waals surface area contributed by atoms with Crippen molar-refractivity contribution < 1.29 is 9.84 Å². The molecule has 1 aromatic heterocycles. The van der Waals surface area contributed by atoms with Crippen LogP contribution in [0.3, 0.4) is 0 Å². The Morgan fingerprint density at radius 3 is 2.32 bits per heavy atom. The Kier molecular flexibility index (Phi) is 4.80. The fraction of sp³-hybridized carbons (Fsp3) is 0.778. The molecule has 1 aromatic rings. The molecular weight excluding hydrogens is 318 g/mol. The van der Waals surface area contributed by atoms with Crippen LogP contribution in [0.15, 0.2) is 12.4 Å². The molecule has 4 rings (SSSR count). The molecule has 2 saturated heterocycles. The van der Waals surface area contributed by atoms with Crippen molar-refractivity contribution in [3.8, 4) is 5.75 Å². The minimum absolute atomic E-state index is 0.207. The van der Waals surface area contributed by atoms with E-state index in [1.165, 1.54) is 0 Å². The van der Waals surface area contributed by atoms with Crippen molar-refractivity contribution in [3.05, 3.63) is 12.4 Å². The highest BCUT2D eigenvalue weighted by molar-refractivity contribution is 5.34. The summed E-state index contributed by atoms with van der Waals surface area (Å²) in [5, 5.41) is 10.7. The van der Waals surface area contributed by atoms with Gasteiger partial charge in [0.1, 0.15) is 0 Å². The van der Waals surface area contributed by atoms with Gasteiger partial charge in [0, 0.05) is 45.3 Å². The first-order valence-corrected chi connectivity index (χ1v) is 9.35. The topological polar surface area (TPSA) is 65.0 Å². The number of piperazine rings is 1. The van der Waals surface area contributed by atoms with Gasteiger partial charge < -0.3 is 19.6 Å². The van der Waals surface area contributed by atoms with Gasteiger partial charge in [0.2, 0.25) is 5.95 Å². The third kappa shape index (κ3) is 3.45. The molecule has 2 aliphatic heterocycles. The second-order valence-corrected chi connectivity index (χ2v) is 7.79. The summed E-state index contributed by atoms with van der Waals surface area (Å²) in [5.74, 6) is 2.63. The van der Waals surface area contributed by atoms with Crippen LogP contribution in [-0.4, -0.2) is 90.4 Å². The Morgan fingerprint density at radius 2 is 1.68 bits per heavy atom. The summed E-state index contributed by atoms with van der Waals surface area (Å²) >= 11 is 0. The van der Waals surface area contributed by atoms with Crippen LogP contribution in [0, 0.1) is 11.8 Å². The van der Waals surface area contributed by atoms with Crippen LogP contribution in [0.1, 0.15) is 12.8 Å². The van der Waals surface area contributed by atoms with Gasteiger partial charge in [-0.1, -0.05) is 0 Å². The largest absolute Gasteiger partial charge is 0.494 e. The molecule has 0 radical (unpaired) electrons. The number of ether oxygens (including phenoxy) is 1. The van der Waals surface area contributed by atoms with E-state index in [2.05, 4.69) is 31.7 Å². The summed E-state index contributed by atoms with van der Waals surface area (Å²) in [6.07, 6.45) is 5.23. The van der Waals surface area contributed by atoms with Gasteiger partial charge in [0.05, 0.1) is 25.6 Å². The van der Waals surface area contributed by atoms with E-state index < -0.39 is 0 Å². The van der Waals surface area contributed by atoms with Crippen molar-refractivity contribution in [2.75, 3.05) is 58.3 Å². The maximum absolute atomic E-state index is 10.7. The van der Waals surface area contributed by atoms with Crippen LogP contribution in [-0.2, 0) is 0 Å². The number of hydrogen-bond donors (Lipinski definition) is 1. The van der Waals surface area contributed by atoms with E-state index in [0.29, 0.717) is 23.6 Å². The normalized spacial score (nSPS) is 34.1. The van der Waals surface area contributed by atoms with Gasteiger partial charge in [-0.2, -0.15) is 0 Å². The summed E-state index contributed by atoms with van der Waals surface area (Å²) < 4.78 is 5.14. The molecule has 7 nitrogen and oxygen atoms in total. The first kappa shape index (κ1) is 17.0. The molecule has 138 valence electrons. The molecule has 0 unspecified atom stereocenters. The van der Waals surface area contributed by atoms with Crippen LogP contribution >= 0.6 is 0 Å². The molecular formula is C18H29N5O2. The van der Waals surface area contributed by atoms with Crippen molar-refractivity contribution in [2.24, 2.45) is 11.8 Å². The molecule has 4 atom stereocenters. The van der Waals surface area contributed by atoms with Gasteiger partial charge in [0.25, 0.3) is 0 Å². The molecule has 1 saturated carbocycles. The minimum atomic E-state index is -0.207. The summed E-state index contributed by atoms with van der Waals surface area (Å²) in [7, 11) is 3.80. The summed E-state index contributed by atoms with van der Waals surface area (Å²) in [6.45, 7) is 6.28.